The summed E-state index contributed by atoms with van der Waals surface area (Å²) in [4.78, 5) is 0. The number of hydrogen-bond acceptors (Lipinski definition) is 2. The van der Waals surface area contributed by atoms with Gasteiger partial charge >= 0.3 is 0 Å². The molecule has 2 aromatic carbocycles. The summed E-state index contributed by atoms with van der Waals surface area (Å²) < 4.78 is 13.6. The van der Waals surface area contributed by atoms with E-state index < -0.39 is 0 Å². The lowest BCUT2D eigenvalue weighted by Crippen LogP contribution is -2.18. The fourth-order valence-corrected chi connectivity index (χ4v) is 2.88. The Kier molecular flexibility index (Phi) is 4.20. The molecule has 2 aromatic rings. The number of rotatable bonds is 3. The quantitative estimate of drug-likeness (QED) is 0.898. The van der Waals surface area contributed by atoms with Crippen LogP contribution in [0.15, 0.2) is 42.5 Å². The SMILES string of the molecule is CC1CNCCc2ccc(NCc3ccccc3F)cc21. The van der Waals surface area contributed by atoms with Gasteiger partial charge < -0.3 is 10.6 Å². The number of hydrogen-bond donors (Lipinski definition) is 2. The molecule has 0 amide bonds. The molecule has 0 spiro atoms. The van der Waals surface area contributed by atoms with Gasteiger partial charge in [0.2, 0.25) is 0 Å². The average molecular weight is 284 g/mol. The minimum atomic E-state index is -0.155. The molecule has 3 rings (SSSR count). The maximum atomic E-state index is 13.6. The van der Waals surface area contributed by atoms with Gasteiger partial charge in [0, 0.05) is 24.3 Å². The zero-order valence-electron chi connectivity index (χ0n) is 12.3. The van der Waals surface area contributed by atoms with Crippen molar-refractivity contribution in [1.82, 2.24) is 5.32 Å². The van der Waals surface area contributed by atoms with Gasteiger partial charge in [0.05, 0.1) is 0 Å². The van der Waals surface area contributed by atoms with Gasteiger partial charge in [-0.3, -0.25) is 0 Å². The normalized spacial score (nSPS) is 17.9. The predicted octanol–water partition coefficient (Wildman–Crippen LogP) is 3.69. The Bertz CT molecular complexity index is 624. The maximum absolute atomic E-state index is 13.6. The van der Waals surface area contributed by atoms with Crippen LogP contribution in [0.4, 0.5) is 10.1 Å². The number of halogens is 1. The second kappa shape index (κ2) is 6.27. The first-order valence-corrected chi connectivity index (χ1v) is 7.55. The lowest BCUT2D eigenvalue weighted by Gasteiger charge is -2.15. The Labute approximate surface area is 125 Å². The molecule has 0 saturated carbocycles. The maximum Gasteiger partial charge on any atom is 0.128 e. The molecule has 1 aliphatic rings. The molecule has 2 N–H and O–H groups in total. The molecule has 1 heterocycles. The van der Waals surface area contributed by atoms with Crippen LogP contribution < -0.4 is 10.6 Å². The van der Waals surface area contributed by atoms with Gasteiger partial charge in [-0.05, 0) is 48.2 Å². The standard InChI is InChI=1S/C18H21FN2/c1-13-11-20-9-8-14-6-7-16(10-17(13)14)21-12-15-4-2-3-5-18(15)19/h2-7,10,13,20-21H,8-9,11-12H2,1H3. The molecule has 1 aliphatic heterocycles. The van der Waals surface area contributed by atoms with E-state index in [2.05, 4.69) is 35.8 Å². The van der Waals surface area contributed by atoms with E-state index in [9.17, 15) is 4.39 Å². The van der Waals surface area contributed by atoms with Crippen molar-refractivity contribution in [2.45, 2.75) is 25.8 Å². The molecule has 0 aromatic heterocycles. The Morgan fingerprint density at radius 1 is 1.24 bits per heavy atom. The van der Waals surface area contributed by atoms with Crippen LogP contribution in [0.2, 0.25) is 0 Å². The number of benzene rings is 2. The fourth-order valence-electron chi connectivity index (χ4n) is 2.88. The van der Waals surface area contributed by atoms with Gasteiger partial charge in [-0.2, -0.15) is 0 Å². The molecular weight excluding hydrogens is 263 g/mol. The topological polar surface area (TPSA) is 24.1 Å². The van der Waals surface area contributed by atoms with Gasteiger partial charge in [-0.1, -0.05) is 31.2 Å². The molecule has 0 aliphatic carbocycles. The van der Waals surface area contributed by atoms with E-state index in [0.29, 0.717) is 18.0 Å². The Hall–Kier alpha value is -1.87. The molecule has 0 bridgehead atoms. The largest absolute Gasteiger partial charge is 0.381 e. The zero-order valence-corrected chi connectivity index (χ0v) is 12.3. The number of anilines is 1. The zero-order chi connectivity index (χ0) is 14.7. The highest BCUT2D eigenvalue weighted by Gasteiger charge is 2.14. The summed E-state index contributed by atoms with van der Waals surface area (Å²) in [6, 6.07) is 13.4. The number of nitrogens with one attached hydrogen (secondary N) is 2. The summed E-state index contributed by atoms with van der Waals surface area (Å²) in [6.45, 7) is 4.82. The van der Waals surface area contributed by atoms with Crippen LogP contribution in [0.25, 0.3) is 0 Å². The Morgan fingerprint density at radius 3 is 2.95 bits per heavy atom. The highest BCUT2D eigenvalue weighted by Crippen LogP contribution is 2.26. The van der Waals surface area contributed by atoms with Crippen LogP contribution in [0, 0.1) is 5.82 Å². The second-order valence-electron chi connectivity index (χ2n) is 5.71. The summed E-state index contributed by atoms with van der Waals surface area (Å²) in [5.74, 6) is 0.357. The molecule has 3 heteroatoms. The fraction of sp³-hybridized carbons (Fsp3) is 0.333. The van der Waals surface area contributed by atoms with Gasteiger partial charge in [0.25, 0.3) is 0 Å². The molecule has 0 radical (unpaired) electrons. The van der Waals surface area contributed by atoms with E-state index in [1.807, 2.05) is 12.1 Å². The lowest BCUT2D eigenvalue weighted by molar-refractivity contribution is 0.613. The second-order valence-corrected chi connectivity index (χ2v) is 5.71. The smallest absolute Gasteiger partial charge is 0.128 e. The van der Waals surface area contributed by atoms with Crippen LogP contribution in [0.1, 0.15) is 29.5 Å². The summed E-state index contributed by atoms with van der Waals surface area (Å²) in [5, 5.41) is 6.79. The van der Waals surface area contributed by atoms with Crippen LogP contribution in [0.5, 0.6) is 0 Å². The third kappa shape index (κ3) is 3.24. The van der Waals surface area contributed by atoms with E-state index in [-0.39, 0.29) is 5.82 Å². The lowest BCUT2D eigenvalue weighted by atomic mass is 9.95. The minimum absolute atomic E-state index is 0.155. The van der Waals surface area contributed by atoms with E-state index in [4.69, 9.17) is 0 Å². The first-order chi connectivity index (χ1) is 10.2. The molecule has 2 nitrogen and oxygen atoms in total. The highest BCUT2D eigenvalue weighted by atomic mass is 19.1. The van der Waals surface area contributed by atoms with Crippen LogP contribution in [0.3, 0.4) is 0 Å². The minimum Gasteiger partial charge on any atom is -0.381 e. The first kappa shape index (κ1) is 14.1. The average Bonchev–Trinajstić information content (AvgIpc) is 2.68. The van der Waals surface area contributed by atoms with Gasteiger partial charge in [0.15, 0.2) is 0 Å². The summed E-state index contributed by atoms with van der Waals surface area (Å²) in [7, 11) is 0. The molecule has 1 unspecified atom stereocenters. The third-order valence-electron chi connectivity index (χ3n) is 4.14. The van der Waals surface area contributed by atoms with Gasteiger partial charge in [0.1, 0.15) is 5.82 Å². The van der Waals surface area contributed by atoms with Crippen molar-refractivity contribution in [3.63, 3.8) is 0 Å². The van der Waals surface area contributed by atoms with Crippen LogP contribution in [-0.4, -0.2) is 13.1 Å². The van der Waals surface area contributed by atoms with Crippen molar-refractivity contribution in [1.29, 1.82) is 0 Å². The third-order valence-corrected chi connectivity index (χ3v) is 4.14. The molecule has 110 valence electrons. The summed E-state index contributed by atoms with van der Waals surface area (Å²) in [5.41, 5.74) is 4.58. The van der Waals surface area contributed by atoms with Crippen molar-refractivity contribution in [2.24, 2.45) is 0 Å². The molecule has 21 heavy (non-hydrogen) atoms. The molecule has 1 atom stereocenters. The van der Waals surface area contributed by atoms with Crippen molar-refractivity contribution < 1.29 is 4.39 Å². The van der Waals surface area contributed by atoms with E-state index >= 15 is 0 Å². The molecule has 0 fully saturated rings. The monoisotopic (exact) mass is 284 g/mol. The molecular formula is C18H21FN2. The van der Waals surface area contributed by atoms with Crippen molar-refractivity contribution in [2.75, 3.05) is 18.4 Å². The van der Waals surface area contributed by atoms with Gasteiger partial charge in [-0.15, -0.1) is 0 Å². The van der Waals surface area contributed by atoms with E-state index in [0.717, 1.165) is 25.2 Å². The molecule has 0 saturated heterocycles. The van der Waals surface area contributed by atoms with Crippen LogP contribution >= 0.6 is 0 Å². The van der Waals surface area contributed by atoms with Gasteiger partial charge in [-0.25, -0.2) is 4.39 Å². The number of fused-ring (bicyclic) bond motifs is 1. The first-order valence-electron chi connectivity index (χ1n) is 7.55. The van der Waals surface area contributed by atoms with E-state index in [1.165, 1.54) is 17.2 Å². The van der Waals surface area contributed by atoms with E-state index in [1.54, 1.807) is 6.07 Å². The highest BCUT2D eigenvalue weighted by molar-refractivity contribution is 5.50. The summed E-state index contributed by atoms with van der Waals surface area (Å²) in [6.07, 6.45) is 1.08. The Morgan fingerprint density at radius 2 is 2.10 bits per heavy atom. The van der Waals surface area contributed by atoms with Crippen molar-refractivity contribution in [3.05, 3.63) is 65.0 Å². The van der Waals surface area contributed by atoms with Crippen LogP contribution in [-0.2, 0) is 13.0 Å². The van der Waals surface area contributed by atoms with Crippen molar-refractivity contribution >= 4 is 5.69 Å². The predicted molar refractivity (Wildman–Crippen MR) is 85.2 cm³/mol. The summed E-state index contributed by atoms with van der Waals surface area (Å²) >= 11 is 0. The van der Waals surface area contributed by atoms with Crippen molar-refractivity contribution in [3.8, 4) is 0 Å². The Balaban J connectivity index is 1.76.